The fraction of sp³-hybridized carbons (Fsp3) is 0. The highest BCUT2D eigenvalue weighted by Crippen LogP contribution is 2.28. The van der Waals surface area contributed by atoms with E-state index in [1.807, 2.05) is 0 Å². The Morgan fingerprint density at radius 3 is 2.33 bits per heavy atom. The van der Waals surface area contributed by atoms with E-state index >= 15 is 0 Å². The van der Waals surface area contributed by atoms with E-state index in [2.05, 4.69) is 9.97 Å². The van der Waals surface area contributed by atoms with Crippen LogP contribution >= 0.6 is 35.4 Å². The van der Waals surface area contributed by atoms with Crippen molar-refractivity contribution in [2.24, 2.45) is 5.73 Å². The molecule has 0 saturated heterocycles. The number of rotatable bonds is 3. The lowest BCUT2D eigenvalue weighted by atomic mass is 10.3. The quantitative estimate of drug-likeness (QED) is 0.882. The zero-order valence-corrected chi connectivity index (χ0v) is 11.3. The molecule has 0 aliphatic rings. The van der Waals surface area contributed by atoms with Crippen LogP contribution in [-0.4, -0.2) is 15.0 Å². The summed E-state index contributed by atoms with van der Waals surface area (Å²) in [7, 11) is 0. The molecule has 0 bridgehead atoms. The average Bonchev–Trinajstić information content (AvgIpc) is 2.27. The van der Waals surface area contributed by atoms with Gasteiger partial charge in [-0.25, -0.2) is 9.97 Å². The van der Waals surface area contributed by atoms with Gasteiger partial charge in [0.25, 0.3) is 0 Å². The molecular weight excluding hydrogens is 293 g/mol. The number of nitrogens with zero attached hydrogens (tertiary/aromatic N) is 2. The number of nitrogens with two attached hydrogens (primary N) is 1. The number of halogens is 2. The highest BCUT2D eigenvalue weighted by Gasteiger charge is 2.10. The molecule has 0 aliphatic carbocycles. The van der Waals surface area contributed by atoms with Gasteiger partial charge in [-0.15, -0.1) is 0 Å². The summed E-state index contributed by atoms with van der Waals surface area (Å²) in [4.78, 5) is 8.12. The number of benzene rings is 1. The maximum Gasteiger partial charge on any atom is 0.248 e. The third kappa shape index (κ3) is 3.07. The maximum absolute atomic E-state index is 5.87. The zero-order valence-electron chi connectivity index (χ0n) is 8.93. The number of hydrogen-bond acceptors (Lipinski definition) is 4. The van der Waals surface area contributed by atoms with Gasteiger partial charge in [-0.2, -0.15) is 0 Å². The van der Waals surface area contributed by atoms with Crippen molar-refractivity contribution in [2.75, 3.05) is 0 Å². The van der Waals surface area contributed by atoms with Crippen molar-refractivity contribution >= 4 is 40.4 Å². The molecule has 18 heavy (non-hydrogen) atoms. The van der Waals surface area contributed by atoms with E-state index in [1.165, 1.54) is 12.4 Å². The zero-order chi connectivity index (χ0) is 13.1. The third-order valence-corrected chi connectivity index (χ3v) is 2.58. The summed E-state index contributed by atoms with van der Waals surface area (Å²) < 4.78 is 5.52. The third-order valence-electron chi connectivity index (χ3n) is 1.95. The van der Waals surface area contributed by atoms with Gasteiger partial charge in [0.1, 0.15) is 10.7 Å². The molecule has 0 spiro atoms. The minimum absolute atomic E-state index is 0.103. The number of aromatic nitrogens is 2. The molecule has 0 aliphatic heterocycles. The molecule has 1 heterocycles. The van der Waals surface area contributed by atoms with Crippen molar-refractivity contribution in [1.29, 1.82) is 0 Å². The van der Waals surface area contributed by atoms with Crippen molar-refractivity contribution in [3.05, 3.63) is 46.3 Å². The Balaban J connectivity index is 2.37. The Kier molecular flexibility index (Phi) is 3.96. The molecule has 7 heteroatoms. The number of hydrogen-bond donors (Lipinski definition) is 1. The summed E-state index contributed by atoms with van der Waals surface area (Å²) in [5.74, 6) is 0.647. The first-order valence-corrected chi connectivity index (χ1v) is 5.97. The topological polar surface area (TPSA) is 61.0 Å². The van der Waals surface area contributed by atoms with Crippen molar-refractivity contribution in [1.82, 2.24) is 9.97 Å². The van der Waals surface area contributed by atoms with Crippen LogP contribution in [0, 0.1) is 0 Å². The van der Waals surface area contributed by atoms with E-state index in [-0.39, 0.29) is 10.9 Å². The van der Waals surface area contributed by atoms with Crippen molar-refractivity contribution in [3.8, 4) is 11.6 Å². The standard InChI is InChI=1S/C11H7Cl2N3OS/c12-6-3-7(13)5-8(4-6)17-11-9(10(14)18)15-1-2-16-11/h1-5H,(H2,14,18). The molecule has 0 fully saturated rings. The van der Waals surface area contributed by atoms with E-state index in [0.717, 1.165) is 0 Å². The molecule has 0 radical (unpaired) electrons. The van der Waals surface area contributed by atoms with Gasteiger partial charge in [0, 0.05) is 22.4 Å². The minimum atomic E-state index is 0.103. The average molecular weight is 300 g/mol. The maximum atomic E-state index is 5.87. The fourth-order valence-corrected chi connectivity index (χ4v) is 1.91. The van der Waals surface area contributed by atoms with Gasteiger partial charge in [-0.3, -0.25) is 0 Å². The lowest BCUT2D eigenvalue weighted by molar-refractivity contribution is 0.459. The van der Waals surface area contributed by atoms with E-state index in [1.54, 1.807) is 18.2 Å². The van der Waals surface area contributed by atoms with Crippen LogP contribution in [0.4, 0.5) is 0 Å². The van der Waals surface area contributed by atoms with Crippen LogP contribution in [0.25, 0.3) is 0 Å². The summed E-state index contributed by atoms with van der Waals surface area (Å²) >= 11 is 16.6. The predicted octanol–water partition coefficient (Wildman–Crippen LogP) is 3.21. The molecule has 0 unspecified atom stereocenters. The monoisotopic (exact) mass is 299 g/mol. The van der Waals surface area contributed by atoms with E-state index < -0.39 is 0 Å². The molecular formula is C11H7Cl2N3OS. The normalized spacial score (nSPS) is 10.1. The molecule has 2 N–H and O–H groups in total. The molecule has 0 amide bonds. The first-order valence-electron chi connectivity index (χ1n) is 4.81. The van der Waals surface area contributed by atoms with E-state index in [9.17, 15) is 0 Å². The molecule has 2 aromatic rings. The highest BCUT2D eigenvalue weighted by molar-refractivity contribution is 7.80. The van der Waals surface area contributed by atoms with Crippen LogP contribution in [0.15, 0.2) is 30.6 Å². The number of thiocarbonyl (C=S) groups is 1. The van der Waals surface area contributed by atoms with Gasteiger partial charge < -0.3 is 10.5 Å². The predicted molar refractivity (Wildman–Crippen MR) is 74.5 cm³/mol. The van der Waals surface area contributed by atoms with E-state index in [0.29, 0.717) is 21.5 Å². The van der Waals surface area contributed by atoms with Gasteiger partial charge in [0.15, 0.2) is 5.69 Å². The van der Waals surface area contributed by atoms with Crippen LogP contribution < -0.4 is 10.5 Å². The lowest BCUT2D eigenvalue weighted by Crippen LogP contribution is -2.13. The van der Waals surface area contributed by atoms with Crippen LogP contribution in [-0.2, 0) is 0 Å². The fourth-order valence-electron chi connectivity index (χ4n) is 1.27. The SMILES string of the molecule is NC(=S)c1nccnc1Oc1cc(Cl)cc(Cl)c1. The first-order chi connectivity index (χ1) is 8.56. The minimum Gasteiger partial charge on any atom is -0.437 e. The second-order valence-corrected chi connectivity index (χ2v) is 4.59. The Hall–Kier alpha value is -1.43. The molecule has 0 saturated carbocycles. The van der Waals surface area contributed by atoms with Gasteiger partial charge >= 0.3 is 0 Å². The van der Waals surface area contributed by atoms with Crippen LogP contribution in [0.1, 0.15) is 5.69 Å². The summed E-state index contributed by atoms with van der Waals surface area (Å²) in [5.41, 5.74) is 5.83. The van der Waals surface area contributed by atoms with Gasteiger partial charge in [-0.1, -0.05) is 35.4 Å². The molecule has 4 nitrogen and oxygen atoms in total. The molecule has 1 aromatic carbocycles. The van der Waals surface area contributed by atoms with Crippen molar-refractivity contribution in [3.63, 3.8) is 0 Å². The molecule has 1 aromatic heterocycles. The Morgan fingerprint density at radius 1 is 1.11 bits per heavy atom. The second-order valence-electron chi connectivity index (χ2n) is 3.28. The van der Waals surface area contributed by atoms with Crippen LogP contribution in [0.5, 0.6) is 11.6 Å². The first kappa shape index (κ1) is 13.0. The largest absolute Gasteiger partial charge is 0.437 e. The Morgan fingerprint density at radius 2 is 1.72 bits per heavy atom. The summed E-state index contributed by atoms with van der Waals surface area (Å²) in [6, 6.07) is 4.80. The molecule has 2 rings (SSSR count). The summed E-state index contributed by atoms with van der Waals surface area (Å²) in [6.45, 7) is 0. The summed E-state index contributed by atoms with van der Waals surface area (Å²) in [6.07, 6.45) is 2.95. The van der Waals surface area contributed by atoms with Crippen molar-refractivity contribution in [2.45, 2.75) is 0 Å². The summed E-state index contributed by atoms with van der Waals surface area (Å²) in [5, 5.41) is 0.913. The highest BCUT2D eigenvalue weighted by atomic mass is 35.5. The molecule has 0 atom stereocenters. The smallest absolute Gasteiger partial charge is 0.248 e. The van der Waals surface area contributed by atoms with Gasteiger partial charge in [0.2, 0.25) is 5.88 Å². The van der Waals surface area contributed by atoms with Crippen LogP contribution in [0.2, 0.25) is 10.0 Å². The Labute approximate surface area is 119 Å². The van der Waals surface area contributed by atoms with E-state index in [4.69, 9.17) is 45.9 Å². The number of ether oxygens (including phenoxy) is 1. The van der Waals surface area contributed by atoms with Gasteiger partial charge in [0.05, 0.1) is 0 Å². The van der Waals surface area contributed by atoms with Crippen LogP contribution in [0.3, 0.4) is 0 Å². The van der Waals surface area contributed by atoms with Crippen molar-refractivity contribution < 1.29 is 4.74 Å². The molecule has 92 valence electrons. The second kappa shape index (κ2) is 5.48. The lowest BCUT2D eigenvalue weighted by Gasteiger charge is -2.08. The Bertz CT molecular complexity index is 586. The van der Waals surface area contributed by atoms with Gasteiger partial charge in [-0.05, 0) is 18.2 Å².